The molecule has 0 spiro atoms. The van der Waals surface area contributed by atoms with Crippen LogP contribution in [0.1, 0.15) is 133 Å². The Labute approximate surface area is 200 Å². The summed E-state index contributed by atoms with van der Waals surface area (Å²) in [5, 5.41) is 0. The van der Waals surface area contributed by atoms with Crippen molar-refractivity contribution in [2.45, 2.75) is 128 Å². The molecule has 0 radical (unpaired) electrons. The van der Waals surface area contributed by atoms with E-state index in [1.165, 1.54) is 121 Å². The molecule has 0 bridgehead atoms. The third-order valence-electron chi connectivity index (χ3n) is 7.04. The van der Waals surface area contributed by atoms with E-state index in [1.807, 2.05) is 0 Å². The molecule has 2 aromatic carbocycles. The minimum Gasteiger partial charge on any atom is -0.0654 e. The molecule has 0 aromatic heterocycles. The van der Waals surface area contributed by atoms with Gasteiger partial charge in [-0.1, -0.05) is 157 Å². The molecule has 0 aliphatic carbocycles. The van der Waals surface area contributed by atoms with Crippen molar-refractivity contribution in [1.29, 1.82) is 0 Å². The first kappa shape index (κ1) is 26.7. The van der Waals surface area contributed by atoms with Crippen molar-refractivity contribution in [1.82, 2.24) is 0 Å². The summed E-state index contributed by atoms with van der Waals surface area (Å²) < 4.78 is 0. The van der Waals surface area contributed by atoms with Crippen LogP contribution in [-0.4, -0.2) is 0 Å². The zero-order chi connectivity index (χ0) is 22.5. The lowest BCUT2D eigenvalue weighted by Gasteiger charge is -2.17. The molecule has 1 unspecified atom stereocenters. The minimum atomic E-state index is 0.734. The van der Waals surface area contributed by atoms with Gasteiger partial charge < -0.3 is 0 Å². The van der Waals surface area contributed by atoms with E-state index < -0.39 is 0 Å². The Morgan fingerprint density at radius 2 is 0.906 bits per heavy atom. The molecule has 0 aliphatic rings. The van der Waals surface area contributed by atoms with E-state index in [0.29, 0.717) is 0 Å². The molecule has 0 saturated carbocycles. The van der Waals surface area contributed by atoms with E-state index in [4.69, 9.17) is 0 Å². The fraction of sp³-hybridized carbons (Fsp3) is 0.625. The van der Waals surface area contributed by atoms with Gasteiger partial charge in [0.1, 0.15) is 0 Å². The first-order valence-corrected chi connectivity index (χ1v) is 14.0. The van der Waals surface area contributed by atoms with Crippen molar-refractivity contribution in [2.24, 2.45) is 0 Å². The van der Waals surface area contributed by atoms with E-state index in [0.717, 1.165) is 5.92 Å². The number of aryl methyl sites for hydroxylation is 1. The topological polar surface area (TPSA) is 0 Å². The Hall–Kier alpha value is -1.56. The second kappa shape index (κ2) is 19.0. The summed E-state index contributed by atoms with van der Waals surface area (Å²) >= 11 is 0. The van der Waals surface area contributed by atoms with Crippen molar-refractivity contribution >= 4 is 0 Å². The van der Waals surface area contributed by atoms with Crippen LogP contribution in [0.2, 0.25) is 0 Å². The van der Waals surface area contributed by atoms with Crippen LogP contribution >= 0.6 is 0 Å². The van der Waals surface area contributed by atoms with Gasteiger partial charge in [-0.15, -0.1) is 0 Å². The van der Waals surface area contributed by atoms with E-state index in [2.05, 4.69) is 67.6 Å². The standard InChI is InChI=1S/C32H50/c1-2-3-4-5-6-7-8-9-10-11-12-13-14-19-26-32(31-27-20-16-21-28-31)29-22-25-30-23-17-15-18-24-30/h15-18,20-21,23-24,27-28,32H,2-14,19,22,25-26,29H2,1H3. The summed E-state index contributed by atoms with van der Waals surface area (Å²) in [6.45, 7) is 2.30. The fourth-order valence-corrected chi connectivity index (χ4v) is 4.99. The van der Waals surface area contributed by atoms with Crippen LogP contribution in [0, 0.1) is 0 Å². The van der Waals surface area contributed by atoms with E-state index in [9.17, 15) is 0 Å². The van der Waals surface area contributed by atoms with Gasteiger partial charge in [-0.05, 0) is 42.7 Å². The van der Waals surface area contributed by atoms with Crippen molar-refractivity contribution < 1.29 is 0 Å². The number of hydrogen-bond donors (Lipinski definition) is 0. The molecule has 0 saturated heterocycles. The summed E-state index contributed by atoms with van der Waals surface area (Å²) in [6.07, 6.45) is 25.3. The molecule has 0 fully saturated rings. The Morgan fingerprint density at radius 1 is 0.469 bits per heavy atom. The number of unbranched alkanes of at least 4 members (excludes halogenated alkanes) is 13. The lowest BCUT2D eigenvalue weighted by atomic mass is 9.88. The Balaban J connectivity index is 1.51. The maximum Gasteiger partial charge on any atom is -0.0162 e. The average Bonchev–Trinajstić information content (AvgIpc) is 2.84. The molecular formula is C32H50. The maximum absolute atomic E-state index is 2.34. The van der Waals surface area contributed by atoms with Gasteiger partial charge in [-0.3, -0.25) is 0 Å². The van der Waals surface area contributed by atoms with Gasteiger partial charge in [0.25, 0.3) is 0 Å². The van der Waals surface area contributed by atoms with Crippen LogP contribution in [0.4, 0.5) is 0 Å². The highest BCUT2D eigenvalue weighted by atomic mass is 14.2. The normalized spacial score (nSPS) is 12.2. The number of hydrogen-bond acceptors (Lipinski definition) is 0. The monoisotopic (exact) mass is 434 g/mol. The first-order chi connectivity index (χ1) is 15.9. The Bertz CT molecular complexity index is 630. The fourth-order valence-electron chi connectivity index (χ4n) is 4.99. The maximum atomic E-state index is 2.34. The second-order valence-electron chi connectivity index (χ2n) is 9.87. The van der Waals surface area contributed by atoms with Gasteiger partial charge in [-0.2, -0.15) is 0 Å². The minimum absolute atomic E-state index is 0.734. The Morgan fingerprint density at radius 3 is 1.44 bits per heavy atom. The third-order valence-corrected chi connectivity index (χ3v) is 7.04. The summed E-state index contributed by atoms with van der Waals surface area (Å²) in [5.41, 5.74) is 3.03. The molecule has 32 heavy (non-hydrogen) atoms. The quantitative estimate of drug-likeness (QED) is 0.182. The van der Waals surface area contributed by atoms with Gasteiger partial charge in [0, 0.05) is 0 Å². The van der Waals surface area contributed by atoms with Gasteiger partial charge >= 0.3 is 0 Å². The number of benzene rings is 2. The molecule has 0 amide bonds. The smallest absolute Gasteiger partial charge is 0.0162 e. The molecule has 0 N–H and O–H groups in total. The van der Waals surface area contributed by atoms with Crippen LogP contribution < -0.4 is 0 Å². The molecule has 0 aliphatic heterocycles. The first-order valence-electron chi connectivity index (χ1n) is 14.0. The third kappa shape index (κ3) is 13.1. The van der Waals surface area contributed by atoms with E-state index >= 15 is 0 Å². The van der Waals surface area contributed by atoms with Crippen LogP contribution in [-0.2, 0) is 6.42 Å². The summed E-state index contributed by atoms with van der Waals surface area (Å²) in [5.74, 6) is 0.734. The average molecular weight is 435 g/mol. The van der Waals surface area contributed by atoms with Gasteiger partial charge in [0.2, 0.25) is 0 Å². The number of rotatable bonds is 20. The molecular weight excluding hydrogens is 384 g/mol. The van der Waals surface area contributed by atoms with E-state index in [-0.39, 0.29) is 0 Å². The molecule has 0 heterocycles. The molecule has 1 atom stereocenters. The lowest BCUT2D eigenvalue weighted by molar-refractivity contribution is 0.496. The summed E-state index contributed by atoms with van der Waals surface area (Å²) in [7, 11) is 0. The van der Waals surface area contributed by atoms with Crippen LogP contribution in [0.3, 0.4) is 0 Å². The van der Waals surface area contributed by atoms with Crippen molar-refractivity contribution in [2.75, 3.05) is 0 Å². The van der Waals surface area contributed by atoms with Crippen molar-refractivity contribution in [3.05, 3.63) is 71.8 Å². The molecule has 0 nitrogen and oxygen atoms in total. The molecule has 2 aromatic rings. The van der Waals surface area contributed by atoms with Gasteiger partial charge in [-0.25, -0.2) is 0 Å². The zero-order valence-corrected chi connectivity index (χ0v) is 21.1. The molecule has 0 heteroatoms. The van der Waals surface area contributed by atoms with Gasteiger partial charge in [0.15, 0.2) is 0 Å². The van der Waals surface area contributed by atoms with E-state index in [1.54, 1.807) is 5.56 Å². The van der Waals surface area contributed by atoms with Crippen molar-refractivity contribution in [3.8, 4) is 0 Å². The predicted octanol–water partition coefficient (Wildman–Crippen LogP) is 10.7. The highest BCUT2D eigenvalue weighted by molar-refractivity contribution is 5.20. The Kier molecular flexibility index (Phi) is 15.8. The molecule has 2 rings (SSSR count). The largest absolute Gasteiger partial charge is 0.0654 e. The zero-order valence-electron chi connectivity index (χ0n) is 21.1. The van der Waals surface area contributed by atoms with Crippen LogP contribution in [0.15, 0.2) is 60.7 Å². The lowest BCUT2D eigenvalue weighted by Crippen LogP contribution is -2.00. The predicted molar refractivity (Wildman–Crippen MR) is 143 cm³/mol. The van der Waals surface area contributed by atoms with Crippen molar-refractivity contribution in [3.63, 3.8) is 0 Å². The summed E-state index contributed by atoms with van der Waals surface area (Å²) in [6, 6.07) is 22.2. The van der Waals surface area contributed by atoms with Crippen LogP contribution in [0.5, 0.6) is 0 Å². The molecule has 178 valence electrons. The van der Waals surface area contributed by atoms with Gasteiger partial charge in [0.05, 0.1) is 0 Å². The second-order valence-corrected chi connectivity index (χ2v) is 9.87. The highest BCUT2D eigenvalue weighted by Gasteiger charge is 2.11. The van der Waals surface area contributed by atoms with Crippen LogP contribution in [0.25, 0.3) is 0 Å². The SMILES string of the molecule is CCCCCCCCCCCCCCCCC(CCCc1ccccc1)c1ccccc1. The highest BCUT2D eigenvalue weighted by Crippen LogP contribution is 2.28. The summed E-state index contributed by atoms with van der Waals surface area (Å²) in [4.78, 5) is 0.